The molecule has 0 spiro atoms. The Bertz CT molecular complexity index is 935. The molecule has 142 valence electrons. The van der Waals surface area contributed by atoms with Crippen LogP contribution in [0.2, 0.25) is 0 Å². The lowest BCUT2D eigenvalue weighted by Gasteiger charge is -2.23. The van der Waals surface area contributed by atoms with E-state index in [1.807, 2.05) is 48.7 Å². The third-order valence-corrected chi connectivity index (χ3v) is 5.24. The molecule has 0 bridgehead atoms. The van der Waals surface area contributed by atoms with Gasteiger partial charge in [-0.25, -0.2) is 0 Å². The van der Waals surface area contributed by atoms with Gasteiger partial charge in [-0.2, -0.15) is 0 Å². The van der Waals surface area contributed by atoms with Crippen molar-refractivity contribution in [1.82, 2.24) is 20.1 Å². The highest BCUT2D eigenvalue weighted by atomic mass is 16.4. The quantitative estimate of drug-likeness (QED) is 0.732. The Hall–Kier alpha value is -2.63. The molecule has 1 saturated carbocycles. The van der Waals surface area contributed by atoms with Crippen LogP contribution in [0, 0.1) is 0 Å². The Labute approximate surface area is 159 Å². The smallest absolute Gasteiger partial charge is 0.264 e. The van der Waals surface area contributed by atoms with Crippen LogP contribution in [-0.2, 0) is 11.3 Å². The SMILES string of the molecule is CC(C)c1nnc(-c2cc3ccccc3n2CC(=O)NC2CCCCC2)o1. The minimum absolute atomic E-state index is 0.0353. The Kier molecular flexibility index (Phi) is 4.97. The summed E-state index contributed by atoms with van der Waals surface area (Å²) in [7, 11) is 0. The first kappa shape index (κ1) is 17.8. The first-order valence-corrected chi connectivity index (χ1v) is 9.83. The maximum Gasteiger partial charge on any atom is 0.264 e. The van der Waals surface area contributed by atoms with E-state index in [1.54, 1.807) is 0 Å². The third-order valence-electron chi connectivity index (χ3n) is 5.24. The van der Waals surface area contributed by atoms with Crippen molar-refractivity contribution in [1.29, 1.82) is 0 Å². The summed E-state index contributed by atoms with van der Waals surface area (Å²) in [5, 5.41) is 12.6. The third kappa shape index (κ3) is 3.75. The molecule has 3 aromatic rings. The number of para-hydroxylation sites is 1. The van der Waals surface area contributed by atoms with Gasteiger partial charge in [0.15, 0.2) is 0 Å². The first-order valence-electron chi connectivity index (χ1n) is 9.83. The average Bonchev–Trinajstić information content (AvgIpc) is 3.28. The summed E-state index contributed by atoms with van der Waals surface area (Å²) >= 11 is 0. The number of nitrogens with zero attached hydrogens (tertiary/aromatic N) is 3. The van der Waals surface area contributed by atoms with Crippen molar-refractivity contribution < 1.29 is 9.21 Å². The van der Waals surface area contributed by atoms with E-state index in [1.165, 1.54) is 19.3 Å². The van der Waals surface area contributed by atoms with Crippen LogP contribution in [0.25, 0.3) is 22.5 Å². The summed E-state index contributed by atoms with van der Waals surface area (Å²) in [6.45, 7) is 4.29. The molecule has 0 radical (unpaired) electrons. The van der Waals surface area contributed by atoms with E-state index in [9.17, 15) is 4.79 Å². The van der Waals surface area contributed by atoms with E-state index in [0.717, 1.165) is 29.4 Å². The van der Waals surface area contributed by atoms with Crippen molar-refractivity contribution in [3.05, 3.63) is 36.2 Å². The van der Waals surface area contributed by atoms with Crippen LogP contribution in [0.5, 0.6) is 0 Å². The molecule has 1 aliphatic carbocycles. The highest BCUT2D eigenvalue weighted by Crippen LogP contribution is 2.28. The van der Waals surface area contributed by atoms with Crippen molar-refractivity contribution in [3.8, 4) is 11.6 Å². The fraction of sp³-hybridized carbons (Fsp3) is 0.476. The lowest BCUT2D eigenvalue weighted by molar-refractivity contribution is -0.122. The molecule has 2 heterocycles. The predicted octanol–water partition coefficient (Wildman–Crippen LogP) is 4.26. The molecule has 1 aromatic carbocycles. The molecular weight excluding hydrogens is 340 g/mol. The highest BCUT2D eigenvalue weighted by Gasteiger charge is 2.21. The predicted molar refractivity (Wildman–Crippen MR) is 104 cm³/mol. The molecule has 0 saturated heterocycles. The number of benzene rings is 1. The van der Waals surface area contributed by atoms with Crippen LogP contribution in [-0.4, -0.2) is 26.7 Å². The van der Waals surface area contributed by atoms with E-state index >= 15 is 0 Å². The van der Waals surface area contributed by atoms with Gasteiger partial charge >= 0.3 is 0 Å². The molecule has 1 N–H and O–H groups in total. The molecule has 1 amide bonds. The second-order valence-electron chi connectivity index (χ2n) is 7.68. The van der Waals surface area contributed by atoms with Crippen LogP contribution >= 0.6 is 0 Å². The summed E-state index contributed by atoms with van der Waals surface area (Å²) in [5.74, 6) is 1.26. The molecule has 6 nitrogen and oxygen atoms in total. The molecule has 4 rings (SSSR count). The summed E-state index contributed by atoms with van der Waals surface area (Å²) in [6, 6.07) is 10.3. The van der Waals surface area contributed by atoms with Crippen molar-refractivity contribution in [2.75, 3.05) is 0 Å². The largest absolute Gasteiger partial charge is 0.419 e. The Morgan fingerprint density at radius 1 is 1.22 bits per heavy atom. The zero-order valence-corrected chi connectivity index (χ0v) is 15.9. The van der Waals surface area contributed by atoms with Crippen LogP contribution in [0.15, 0.2) is 34.7 Å². The summed E-state index contributed by atoms with van der Waals surface area (Å²) in [5.41, 5.74) is 1.78. The second kappa shape index (κ2) is 7.55. The van der Waals surface area contributed by atoms with Gasteiger partial charge in [-0.15, -0.1) is 10.2 Å². The molecule has 0 atom stereocenters. The molecule has 0 unspecified atom stereocenters. The number of rotatable bonds is 5. The van der Waals surface area contributed by atoms with E-state index in [4.69, 9.17) is 4.42 Å². The van der Waals surface area contributed by atoms with Gasteiger partial charge in [0.05, 0.1) is 0 Å². The van der Waals surface area contributed by atoms with Gasteiger partial charge in [0.2, 0.25) is 11.8 Å². The normalized spacial score (nSPS) is 15.5. The number of hydrogen-bond donors (Lipinski definition) is 1. The second-order valence-corrected chi connectivity index (χ2v) is 7.68. The van der Waals surface area contributed by atoms with Crippen molar-refractivity contribution in [3.63, 3.8) is 0 Å². The van der Waals surface area contributed by atoms with Gasteiger partial charge in [0.1, 0.15) is 12.2 Å². The number of carbonyl (C=O) groups excluding carboxylic acids is 1. The van der Waals surface area contributed by atoms with Gasteiger partial charge in [-0.1, -0.05) is 51.3 Å². The topological polar surface area (TPSA) is 73.0 Å². The highest BCUT2D eigenvalue weighted by molar-refractivity contribution is 5.88. The Morgan fingerprint density at radius 2 is 2.00 bits per heavy atom. The fourth-order valence-corrected chi connectivity index (χ4v) is 3.79. The van der Waals surface area contributed by atoms with Crippen LogP contribution in [0.1, 0.15) is 57.8 Å². The van der Waals surface area contributed by atoms with Gasteiger partial charge in [-0.3, -0.25) is 4.79 Å². The fourth-order valence-electron chi connectivity index (χ4n) is 3.79. The van der Waals surface area contributed by atoms with Gasteiger partial charge < -0.3 is 14.3 Å². The van der Waals surface area contributed by atoms with E-state index in [0.29, 0.717) is 17.8 Å². The number of carbonyl (C=O) groups is 1. The Balaban J connectivity index is 1.64. The summed E-state index contributed by atoms with van der Waals surface area (Å²) < 4.78 is 7.84. The molecule has 0 aliphatic heterocycles. The van der Waals surface area contributed by atoms with Gasteiger partial charge in [0.25, 0.3) is 5.89 Å². The summed E-state index contributed by atoms with van der Waals surface area (Å²) in [4.78, 5) is 12.7. The Morgan fingerprint density at radius 3 is 2.74 bits per heavy atom. The molecule has 1 aliphatic rings. The number of aromatic nitrogens is 3. The molecular formula is C21H26N4O2. The molecule has 27 heavy (non-hydrogen) atoms. The average molecular weight is 366 g/mol. The molecule has 2 aromatic heterocycles. The lowest BCUT2D eigenvalue weighted by Crippen LogP contribution is -2.38. The van der Waals surface area contributed by atoms with Crippen molar-refractivity contribution >= 4 is 16.8 Å². The lowest BCUT2D eigenvalue weighted by atomic mass is 9.95. The molecule has 6 heteroatoms. The number of amides is 1. The summed E-state index contributed by atoms with van der Waals surface area (Å²) in [6.07, 6.45) is 5.82. The van der Waals surface area contributed by atoms with Gasteiger partial charge in [-0.05, 0) is 25.0 Å². The molecule has 1 fully saturated rings. The van der Waals surface area contributed by atoms with Crippen LogP contribution in [0.4, 0.5) is 0 Å². The van der Waals surface area contributed by atoms with Crippen LogP contribution in [0.3, 0.4) is 0 Å². The standard InChI is InChI=1S/C21H26N4O2/c1-14(2)20-23-24-21(27-20)18-12-15-8-6-7-11-17(15)25(18)13-19(26)22-16-9-4-3-5-10-16/h6-8,11-12,14,16H,3-5,9-10,13H2,1-2H3,(H,22,26). The first-order chi connectivity index (χ1) is 13.1. The number of hydrogen-bond acceptors (Lipinski definition) is 4. The maximum atomic E-state index is 12.7. The number of fused-ring (bicyclic) bond motifs is 1. The van der Waals surface area contributed by atoms with Crippen molar-refractivity contribution in [2.45, 2.75) is 64.5 Å². The van der Waals surface area contributed by atoms with Crippen molar-refractivity contribution in [2.24, 2.45) is 0 Å². The van der Waals surface area contributed by atoms with E-state index in [-0.39, 0.29) is 18.4 Å². The van der Waals surface area contributed by atoms with E-state index < -0.39 is 0 Å². The van der Waals surface area contributed by atoms with Crippen LogP contribution < -0.4 is 5.32 Å². The minimum atomic E-state index is 0.0353. The zero-order chi connectivity index (χ0) is 18.8. The zero-order valence-electron chi connectivity index (χ0n) is 15.9. The van der Waals surface area contributed by atoms with Gasteiger partial charge in [0, 0.05) is 22.9 Å². The number of nitrogens with one attached hydrogen (secondary N) is 1. The maximum absolute atomic E-state index is 12.7. The van der Waals surface area contributed by atoms with E-state index in [2.05, 4.69) is 15.5 Å². The monoisotopic (exact) mass is 366 g/mol. The minimum Gasteiger partial charge on any atom is -0.419 e.